The van der Waals surface area contributed by atoms with E-state index in [9.17, 15) is 4.39 Å². The molecule has 25 heavy (non-hydrogen) atoms. The van der Waals surface area contributed by atoms with Crippen molar-refractivity contribution in [1.82, 2.24) is 29.6 Å². The average molecular weight is 339 g/mol. The zero-order chi connectivity index (χ0) is 17.4. The molecule has 0 spiro atoms. The second kappa shape index (κ2) is 6.21. The normalized spacial score (nSPS) is 14.5. The van der Waals surface area contributed by atoms with Crippen molar-refractivity contribution in [3.05, 3.63) is 53.5 Å². The lowest BCUT2D eigenvalue weighted by Crippen LogP contribution is -2.33. The van der Waals surface area contributed by atoms with Crippen LogP contribution in [0.2, 0.25) is 0 Å². The van der Waals surface area contributed by atoms with Crippen molar-refractivity contribution in [3.63, 3.8) is 0 Å². The summed E-state index contributed by atoms with van der Waals surface area (Å²) in [5, 5.41) is 4.58. The van der Waals surface area contributed by atoms with Gasteiger partial charge in [0.15, 0.2) is 0 Å². The maximum absolute atomic E-state index is 13.0. The molecule has 4 rings (SSSR count). The molecule has 0 fully saturated rings. The Kier molecular flexibility index (Phi) is 3.89. The molecular weight excluding hydrogens is 321 g/mol. The van der Waals surface area contributed by atoms with Crippen LogP contribution in [0.15, 0.2) is 30.6 Å². The molecule has 0 bridgehead atoms. The smallest absolute Gasteiger partial charge is 0.141 e. The maximum Gasteiger partial charge on any atom is 0.141 e. The summed E-state index contributed by atoms with van der Waals surface area (Å²) < 4.78 is 15.0. The highest BCUT2D eigenvalue weighted by atomic mass is 19.1. The quantitative estimate of drug-likeness (QED) is 0.783. The van der Waals surface area contributed by atoms with Gasteiger partial charge in [0.1, 0.15) is 23.2 Å². The number of aryl methyl sites for hydroxylation is 1. The Labute approximate surface area is 144 Å². The van der Waals surface area contributed by atoms with E-state index in [2.05, 4.69) is 25.0 Å². The Bertz CT molecular complexity index is 904. The molecule has 0 atom stereocenters. The number of nitrogens with zero attached hydrogens (tertiary/aromatic N) is 6. The van der Waals surface area contributed by atoms with Crippen LogP contribution in [0.4, 0.5) is 10.2 Å². The summed E-state index contributed by atoms with van der Waals surface area (Å²) in [4.78, 5) is 14.8. The molecule has 3 aromatic heterocycles. The van der Waals surface area contributed by atoms with E-state index < -0.39 is 0 Å². The fourth-order valence-electron chi connectivity index (χ4n) is 2.98. The number of pyridine rings is 1. The van der Waals surface area contributed by atoms with Crippen LogP contribution in [-0.2, 0) is 19.6 Å². The number of nitrogen functional groups attached to an aromatic ring is 1. The highest BCUT2D eigenvalue weighted by Gasteiger charge is 2.20. The van der Waals surface area contributed by atoms with E-state index in [4.69, 9.17) is 5.73 Å². The summed E-state index contributed by atoms with van der Waals surface area (Å²) in [6.07, 6.45) is 3.00. The molecule has 7 nitrogen and oxygen atoms in total. The van der Waals surface area contributed by atoms with Gasteiger partial charge < -0.3 is 5.73 Å². The largest absolute Gasteiger partial charge is 0.383 e. The second-order valence-electron chi connectivity index (χ2n) is 6.14. The molecule has 2 N–H and O–H groups in total. The number of anilines is 1. The number of rotatable bonds is 3. The van der Waals surface area contributed by atoms with E-state index in [1.54, 1.807) is 12.3 Å². The van der Waals surface area contributed by atoms with Crippen molar-refractivity contribution >= 4 is 5.82 Å². The zero-order valence-electron chi connectivity index (χ0n) is 13.9. The molecule has 0 aliphatic carbocycles. The van der Waals surface area contributed by atoms with Gasteiger partial charge in [-0.05, 0) is 25.1 Å². The maximum atomic E-state index is 13.0. The average Bonchev–Trinajstić information content (AvgIpc) is 3.01. The number of hydrogen-bond acceptors (Lipinski definition) is 6. The van der Waals surface area contributed by atoms with Gasteiger partial charge in [-0.25, -0.2) is 14.4 Å². The molecule has 0 radical (unpaired) electrons. The number of halogens is 1. The summed E-state index contributed by atoms with van der Waals surface area (Å²) in [6, 6.07) is 5.04. The Morgan fingerprint density at radius 2 is 2.04 bits per heavy atom. The minimum atomic E-state index is -0.350. The first kappa shape index (κ1) is 15.6. The predicted molar refractivity (Wildman–Crippen MR) is 90.7 cm³/mol. The van der Waals surface area contributed by atoms with Crippen LogP contribution in [0, 0.1) is 12.7 Å². The number of hydrogen-bond donors (Lipinski definition) is 1. The van der Waals surface area contributed by atoms with E-state index in [0.717, 1.165) is 36.6 Å². The molecular formula is C17H18FN7. The number of aromatic nitrogens is 5. The van der Waals surface area contributed by atoms with Crippen LogP contribution >= 0.6 is 0 Å². The van der Waals surface area contributed by atoms with E-state index in [0.29, 0.717) is 23.9 Å². The molecule has 0 saturated heterocycles. The lowest BCUT2D eigenvalue weighted by molar-refractivity contribution is 0.205. The van der Waals surface area contributed by atoms with Gasteiger partial charge in [-0.3, -0.25) is 14.6 Å². The zero-order valence-corrected chi connectivity index (χ0v) is 13.9. The first-order chi connectivity index (χ1) is 12.1. The van der Waals surface area contributed by atoms with Crippen molar-refractivity contribution < 1.29 is 4.39 Å². The standard InChI is InChI=1S/C17H18FN7/c1-11-20-7-12(17(19)22-11)9-24-4-5-25-14(10-24)6-16(23-25)15-3-2-13(18)8-21-15/h2-3,6-8H,4-5,9-10H2,1H3,(H2,19,20,22). The third-order valence-corrected chi connectivity index (χ3v) is 4.28. The molecule has 4 heterocycles. The Hall–Kier alpha value is -2.87. The lowest BCUT2D eigenvalue weighted by Gasteiger charge is -2.27. The van der Waals surface area contributed by atoms with Crippen molar-refractivity contribution in [2.24, 2.45) is 0 Å². The van der Waals surface area contributed by atoms with Gasteiger partial charge in [0.25, 0.3) is 0 Å². The van der Waals surface area contributed by atoms with E-state index in [1.807, 2.05) is 17.7 Å². The van der Waals surface area contributed by atoms with Gasteiger partial charge >= 0.3 is 0 Å². The highest BCUT2D eigenvalue weighted by molar-refractivity contribution is 5.54. The fourth-order valence-corrected chi connectivity index (χ4v) is 2.98. The van der Waals surface area contributed by atoms with Crippen LogP contribution in [0.5, 0.6) is 0 Å². The Balaban J connectivity index is 1.52. The van der Waals surface area contributed by atoms with Crippen molar-refractivity contribution in [2.45, 2.75) is 26.6 Å². The molecule has 1 aliphatic rings. The van der Waals surface area contributed by atoms with Gasteiger partial charge in [-0.1, -0.05) is 0 Å². The number of fused-ring (bicyclic) bond motifs is 1. The van der Waals surface area contributed by atoms with Crippen molar-refractivity contribution in [2.75, 3.05) is 12.3 Å². The molecule has 0 aromatic carbocycles. The summed E-state index contributed by atoms with van der Waals surface area (Å²) in [7, 11) is 0. The van der Waals surface area contributed by atoms with Crippen LogP contribution in [0.1, 0.15) is 17.1 Å². The van der Waals surface area contributed by atoms with Crippen LogP contribution in [-0.4, -0.2) is 36.2 Å². The van der Waals surface area contributed by atoms with E-state index in [-0.39, 0.29) is 5.82 Å². The fraction of sp³-hybridized carbons (Fsp3) is 0.294. The van der Waals surface area contributed by atoms with Crippen LogP contribution in [0.3, 0.4) is 0 Å². The topological polar surface area (TPSA) is 85.8 Å². The highest BCUT2D eigenvalue weighted by Crippen LogP contribution is 2.22. The van der Waals surface area contributed by atoms with E-state index >= 15 is 0 Å². The molecule has 0 amide bonds. The lowest BCUT2D eigenvalue weighted by atomic mass is 10.2. The summed E-state index contributed by atoms with van der Waals surface area (Å²) in [5.41, 5.74) is 9.45. The van der Waals surface area contributed by atoms with Gasteiger partial charge in [0.05, 0.1) is 24.1 Å². The van der Waals surface area contributed by atoms with Gasteiger partial charge in [-0.15, -0.1) is 0 Å². The minimum absolute atomic E-state index is 0.350. The summed E-state index contributed by atoms with van der Waals surface area (Å²) in [5.74, 6) is 0.856. The van der Waals surface area contributed by atoms with Gasteiger partial charge in [0.2, 0.25) is 0 Å². The van der Waals surface area contributed by atoms with Crippen LogP contribution in [0.25, 0.3) is 11.4 Å². The third kappa shape index (κ3) is 3.20. The van der Waals surface area contributed by atoms with Crippen LogP contribution < -0.4 is 5.73 Å². The first-order valence-electron chi connectivity index (χ1n) is 8.07. The van der Waals surface area contributed by atoms with E-state index in [1.165, 1.54) is 12.3 Å². The first-order valence-corrected chi connectivity index (χ1v) is 8.07. The van der Waals surface area contributed by atoms with Crippen molar-refractivity contribution in [1.29, 1.82) is 0 Å². The van der Waals surface area contributed by atoms with Gasteiger partial charge in [-0.2, -0.15) is 5.10 Å². The molecule has 128 valence electrons. The summed E-state index contributed by atoms with van der Waals surface area (Å²) in [6.45, 7) is 4.91. The van der Waals surface area contributed by atoms with Gasteiger partial charge in [0, 0.05) is 31.4 Å². The predicted octanol–water partition coefficient (Wildman–Crippen LogP) is 1.78. The SMILES string of the molecule is Cc1ncc(CN2CCn3nc(-c4ccc(F)cn4)cc3C2)c(N)n1. The van der Waals surface area contributed by atoms with Crippen molar-refractivity contribution in [3.8, 4) is 11.4 Å². The molecule has 1 aliphatic heterocycles. The molecule has 0 saturated carbocycles. The summed E-state index contributed by atoms with van der Waals surface area (Å²) >= 11 is 0. The second-order valence-corrected chi connectivity index (χ2v) is 6.14. The molecule has 8 heteroatoms. The Morgan fingerprint density at radius 3 is 2.80 bits per heavy atom. The molecule has 0 unspecified atom stereocenters. The third-order valence-electron chi connectivity index (χ3n) is 4.28. The minimum Gasteiger partial charge on any atom is -0.383 e. The Morgan fingerprint density at radius 1 is 1.16 bits per heavy atom. The monoisotopic (exact) mass is 339 g/mol. The molecule has 3 aromatic rings. The number of nitrogens with two attached hydrogens (primary N) is 1.